The number of hydrogen-bond acceptors (Lipinski definition) is 4. The van der Waals surface area contributed by atoms with Gasteiger partial charge in [0.2, 0.25) is 0 Å². The Balaban J connectivity index is 1.34. The Hall–Kier alpha value is -3.35. The Morgan fingerprint density at radius 1 is 1.22 bits per heavy atom. The van der Waals surface area contributed by atoms with Crippen LogP contribution < -0.4 is 10.6 Å². The van der Waals surface area contributed by atoms with Crippen molar-refractivity contribution >= 4 is 11.8 Å². The Bertz CT molecular complexity index is 951. The molecule has 7 heteroatoms. The highest BCUT2D eigenvalue weighted by molar-refractivity contribution is 5.95. The predicted molar refractivity (Wildman–Crippen MR) is 98.2 cm³/mol. The Labute approximate surface area is 156 Å². The van der Waals surface area contributed by atoms with E-state index < -0.39 is 0 Å². The smallest absolute Gasteiger partial charge is 0.272 e. The quantitative estimate of drug-likeness (QED) is 0.725. The van der Waals surface area contributed by atoms with Crippen LogP contribution in [0.4, 0.5) is 0 Å². The highest BCUT2D eigenvalue weighted by Crippen LogP contribution is 2.17. The Morgan fingerprint density at radius 2 is 2.04 bits per heavy atom. The lowest BCUT2D eigenvalue weighted by molar-refractivity contribution is 0.0926. The number of benzene rings is 1. The molecule has 0 spiro atoms. The number of hydrogen-bond donors (Lipinski definition) is 2. The zero-order valence-corrected chi connectivity index (χ0v) is 14.9. The van der Waals surface area contributed by atoms with Gasteiger partial charge in [0.25, 0.3) is 11.8 Å². The standard InChI is InChI=1S/C20H20N4O3/c1-13-17(7-8-27-13)19(25)22-15-9-16-10-18(23-24(16)12-15)20(26)21-11-14-5-3-2-4-6-14/h2-8,10,15H,9,11-12H2,1H3,(H,21,26)(H,22,25). The molecular weight excluding hydrogens is 344 g/mol. The Morgan fingerprint density at radius 3 is 2.74 bits per heavy atom. The van der Waals surface area contributed by atoms with Crippen LogP contribution in [0.15, 0.2) is 53.1 Å². The zero-order valence-electron chi connectivity index (χ0n) is 14.9. The number of carbonyl (C=O) groups excluding carboxylic acids is 2. The summed E-state index contributed by atoms with van der Waals surface area (Å²) >= 11 is 0. The summed E-state index contributed by atoms with van der Waals surface area (Å²) in [6.45, 7) is 2.77. The van der Waals surface area contributed by atoms with Gasteiger partial charge in [0, 0.05) is 18.7 Å². The van der Waals surface area contributed by atoms with Crippen molar-refractivity contribution in [1.29, 1.82) is 0 Å². The first-order valence-electron chi connectivity index (χ1n) is 8.84. The first kappa shape index (κ1) is 17.1. The number of nitrogens with one attached hydrogen (secondary N) is 2. The molecule has 2 amide bonds. The molecule has 1 unspecified atom stereocenters. The summed E-state index contributed by atoms with van der Waals surface area (Å²) in [4.78, 5) is 24.6. The van der Waals surface area contributed by atoms with Crippen molar-refractivity contribution in [3.05, 3.63) is 77.0 Å². The molecule has 0 aliphatic carbocycles. The molecule has 0 fully saturated rings. The normalized spacial score (nSPS) is 15.4. The highest BCUT2D eigenvalue weighted by atomic mass is 16.3. The lowest BCUT2D eigenvalue weighted by Crippen LogP contribution is -2.36. The van der Waals surface area contributed by atoms with Gasteiger partial charge in [-0.1, -0.05) is 30.3 Å². The third-order valence-electron chi connectivity index (χ3n) is 4.68. The van der Waals surface area contributed by atoms with Crippen LogP contribution in [-0.4, -0.2) is 27.6 Å². The predicted octanol–water partition coefficient (Wildman–Crippen LogP) is 2.07. The van der Waals surface area contributed by atoms with E-state index in [1.165, 1.54) is 6.26 Å². The average molecular weight is 364 g/mol. The maximum absolute atomic E-state index is 12.3. The maximum atomic E-state index is 12.3. The second-order valence-electron chi connectivity index (χ2n) is 6.64. The van der Waals surface area contributed by atoms with Crippen LogP contribution in [0.25, 0.3) is 0 Å². The third-order valence-corrected chi connectivity index (χ3v) is 4.68. The van der Waals surface area contributed by atoms with E-state index >= 15 is 0 Å². The van der Waals surface area contributed by atoms with E-state index in [9.17, 15) is 9.59 Å². The first-order valence-corrected chi connectivity index (χ1v) is 8.84. The lowest BCUT2D eigenvalue weighted by atomic mass is 10.1. The monoisotopic (exact) mass is 364 g/mol. The number of nitrogens with zero attached hydrogens (tertiary/aromatic N) is 2. The summed E-state index contributed by atoms with van der Waals surface area (Å²) in [7, 11) is 0. The molecular formula is C20H20N4O3. The van der Waals surface area contributed by atoms with Crippen molar-refractivity contribution in [3.63, 3.8) is 0 Å². The van der Waals surface area contributed by atoms with Crippen LogP contribution in [0, 0.1) is 6.92 Å². The fraction of sp³-hybridized carbons (Fsp3) is 0.250. The SMILES string of the molecule is Cc1occc1C(=O)NC1Cc2cc(C(=O)NCc3ccccc3)nn2C1. The zero-order chi connectivity index (χ0) is 18.8. The molecule has 0 saturated carbocycles. The number of furan rings is 1. The molecule has 1 aliphatic heterocycles. The van der Waals surface area contributed by atoms with Crippen LogP contribution in [0.2, 0.25) is 0 Å². The van der Waals surface area contributed by atoms with Crippen molar-refractivity contribution < 1.29 is 14.0 Å². The van der Waals surface area contributed by atoms with Gasteiger partial charge in [-0.25, -0.2) is 0 Å². The van der Waals surface area contributed by atoms with E-state index in [1.807, 2.05) is 30.3 Å². The number of aromatic nitrogens is 2. The molecule has 0 saturated heterocycles. The maximum Gasteiger partial charge on any atom is 0.272 e. The topological polar surface area (TPSA) is 89.2 Å². The fourth-order valence-corrected chi connectivity index (χ4v) is 3.26. The van der Waals surface area contributed by atoms with Gasteiger partial charge in [-0.05, 0) is 24.6 Å². The lowest BCUT2D eigenvalue weighted by Gasteiger charge is -2.11. The number of rotatable bonds is 5. The molecule has 138 valence electrons. The van der Waals surface area contributed by atoms with Gasteiger partial charge in [-0.2, -0.15) is 5.10 Å². The second kappa shape index (κ2) is 7.11. The molecule has 1 atom stereocenters. The van der Waals surface area contributed by atoms with Gasteiger partial charge in [-0.3, -0.25) is 14.3 Å². The van der Waals surface area contributed by atoms with Gasteiger partial charge >= 0.3 is 0 Å². The van der Waals surface area contributed by atoms with Crippen LogP contribution in [0.3, 0.4) is 0 Å². The van der Waals surface area contributed by atoms with E-state index in [0.29, 0.717) is 36.5 Å². The average Bonchev–Trinajstić information content (AvgIpc) is 3.35. The number of amides is 2. The minimum absolute atomic E-state index is 0.0456. The van der Waals surface area contributed by atoms with Gasteiger partial charge in [0.05, 0.1) is 24.4 Å². The van der Waals surface area contributed by atoms with Gasteiger partial charge in [-0.15, -0.1) is 0 Å². The van der Waals surface area contributed by atoms with Crippen molar-refractivity contribution in [3.8, 4) is 0 Å². The summed E-state index contributed by atoms with van der Waals surface area (Å²) in [5.41, 5.74) is 2.92. The van der Waals surface area contributed by atoms with Crippen molar-refractivity contribution in [2.75, 3.05) is 0 Å². The summed E-state index contributed by atoms with van der Waals surface area (Å²) in [5.74, 6) is 0.244. The molecule has 2 aromatic heterocycles. The van der Waals surface area contributed by atoms with Crippen LogP contribution in [0.5, 0.6) is 0 Å². The largest absolute Gasteiger partial charge is 0.469 e. The second-order valence-corrected chi connectivity index (χ2v) is 6.64. The summed E-state index contributed by atoms with van der Waals surface area (Å²) in [5, 5.41) is 10.2. The highest BCUT2D eigenvalue weighted by Gasteiger charge is 2.27. The molecule has 0 bridgehead atoms. The number of aryl methyl sites for hydroxylation is 1. The minimum Gasteiger partial charge on any atom is -0.469 e. The summed E-state index contributed by atoms with van der Waals surface area (Å²) in [6.07, 6.45) is 2.14. The number of fused-ring (bicyclic) bond motifs is 1. The van der Waals surface area contributed by atoms with E-state index in [4.69, 9.17) is 4.42 Å². The van der Waals surface area contributed by atoms with Crippen molar-refractivity contribution in [2.24, 2.45) is 0 Å². The molecule has 1 aliphatic rings. The molecule has 7 nitrogen and oxygen atoms in total. The van der Waals surface area contributed by atoms with E-state index in [0.717, 1.165) is 11.3 Å². The molecule has 3 heterocycles. The molecule has 2 N–H and O–H groups in total. The van der Waals surface area contributed by atoms with Crippen molar-refractivity contribution in [2.45, 2.75) is 32.5 Å². The molecule has 27 heavy (non-hydrogen) atoms. The third kappa shape index (κ3) is 3.62. The van der Waals surface area contributed by atoms with E-state index in [2.05, 4.69) is 15.7 Å². The van der Waals surface area contributed by atoms with Gasteiger partial charge in [0.1, 0.15) is 11.5 Å². The summed E-state index contributed by atoms with van der Waals surface area (Å²) in [6, 6.07) is 13.1. The fourth-order valence-electron chi connectivity index (χ4n) is 3.26. The van der Waals surface area contributed by atoms with Gasteiger partial charge < -0.3 is 15.1 Å². The summed E-state index contributed by atoms with van der Waals surface area (Å²) < 4.78 is 6.95. The molecule has 1 aromatic carbocycles. The minimum atomic E-state index is -0.199. The first-order chi connectivity index (χ1) is 13.1. The van der Waals surface area contributed by atoms with Crippen LogP contribution in [-0.2, 0) is 19.5 Å². The molecule has 4 rings (SSSR count). The molecule has 3 aromatic rings. The van der Waals surface area contributed by atoms with Gasteiger partial charge in [0.15, 0.2) is 0 Å². The van der Waals surface area contributed by atoms with Crippen LogP contribution in [0.1, 0.15) is 37.9 Å². The van der Waals surface area contributed by atoms with E-state index in [-0.39, 0.29) is 17.9 Å². The van der Waals surface area contributed by atoms with Crippen LogP contribution >= 0.6 is 0 Å². The van der Waals surface area contributed by atoms with E-state index in [1.54, 1.807) is 23.7 Å². The Kier molecular flexibility index (Phi) is 4.50. The number of carbonyl (C=O) groups is 2. The molecule has 0 radical (unpaired) electrons. The van der Waals surface area contributed by atoms with Crippen molar-refractivity contribution in [1.82, 2.24) is 20.4 Å².